The summed E-state index contributed by atoms with van der Waals surface area (Å²) in [6, 6.07) is 3.33. The lowest BCUT2D eigenvalue weighted by Crippen LogP contribution is -2.44. The van der Waals surface area contributed by atoms with E-state index in [-0.39, 0.29) is 12.6 Å². The highest BCUT2D eigenvalue weighted by atomic mass is 32.1. The number of thiazole rings is 1. The van der Waals surface area contributed by atoms with Crippen LogP contribution in [0.5, 0.6) is 5.75 Å². The molecular formula is C16H19N3O4S. The summed E-state index contributed by atoms with van der Waals surface area (Å²) < 4.78 is 6.31. The number of amides is 2. The fourth-order valence-corrected chi connectivity index (χ4v) is 3.74. The summed E-state index contributed by atoms with van der Waals surface area (Å²) in [6.45, 7) is 2.71. The van der Waals surface area contributed by atoms with Crippen LogP contribution < -0.4 is 10.1 Å². The predicted molar refractivity (Wildman–Crippen MR) is 91.9 cm³/mol. The fraction of sp³-hybridized carbons (Fsp3) is 0.438. The maximum atomic E-state index is 12.5. The molecule has 1 atom stereocenters. The molecule has 1 saturated heterocycles. The van der Waals surface area contributed by atoms with Crippen LogP contribution in [-0.4, -0.2) is 47.2 Å². The van der Waals surface area contributed by atoms with Gasteiger partial charge < -0.3 is 20.1 Å². The van der Waals surface area contributed by atoms with Gasteiger partial charge >= 0.3 is 12.0 Å². The van der Waals surface area contributed by atoms with Gasteiger partial charge in [-0.1, -0.05) is 0 Å². The molecular weight excluding hydrogens is 330 g/mol. The van der Waals surface area contributed by atoms with E-state index >= 15 is 0 Å². The Morgan fingerprint density at radius 2 is 2.25 bits per heavy atom. The average molecular weight is 349 g/mol. The smallest absolute Gasteiger partial charge is 0.321 e. The van der Waals surface area contributed by atoms with Crippen molar-refractivity contribution in [3.05, 3.63) is 17.1 Å². The second-order valence-electron chi connectivity index (χ2n) is 5.81. The normalized spacial score (nSPS) is 17.8. The number of likely N-dealkylation sites (tertiary alicyclic amines) is 1. The topological polar surface area (TPSA) is 91.8 Å². The molecule has 8 heteroatoms. The summed E-state index contributed by atoms with van der Waals surface area (Å²) >= 11 is 1.54. The van der Waals surface area contributed by atoms with Gasteiger partial charge in [-0.25, -0.2) is 9.78 Å². The van der Waals surface area contributed by atoms with E-state index in [0.717, 1.165) is 15.2 Å². The van der Waals surface area contributed by atoms with Gasteiger partial charge in [0.2, 0.25) is 0 Å². The SMILES string of the molecule is COc1cc2nc(C)sc2cc1NC(=O)N1CCCC(C(=O)O)C1. The van der Waals surface area contributed by atoms with Crippen LogP contribution in [0, 0.1) is 12.8 Å². The molecule has 1 aromatic heterocycles. The number of benzene rings is 1. The number of aromatic nitrogens is 1. The first kappa shape index (κ1) is 16.5. The van der Waals surface area contributed by atoms with Crippen LogP contribution >= 0.6 is 11.3 Å². The van der Waals surface area contributed by atoms with Gasteiger partial charge in [-0.3, -0.25) is 4.79 Å². The Hall–Kier alpha value is -2.35. The minimum Gasteiger partial charge on any atom is -0.494 e. The Labute approximate surface area is 143 Å². The van der Waals surface area contributed by atoms with Crippen molar-refractivity contribution in [1.82, 2.24) is 9.88 Å². The number of carbonyl (C=O) groups excluding carboxylic acids is 1. The molecule has 1 aliphatic rings. The number of aryl methyl sites for hydroxylation is 1. The van der Waals surface area contributed by atoms with Gasteiger partial charge in [-0.2, -0.15) is 0 Å². The lowest BCUT2D eigenvalue weighted by molar-refractivity contribution is -0.143. The number of carboxylic acids is 1. The number of carbonyl (C=O) groups is 2. The zero-order chi connectivity index (χ0) is 17.3. The Bertz CT molecular complexity index is 789. The first-order valence-corrected chi connectivity index (χ1v) is 8.53. The molecule has 0 saturated carbocycles. The van der Waals surface area contributed by atoms with E-state index in [1.165, 1.54) is 7.11 Å². The van der Waals surface area contributed by atoms with Crippen LogP contribution in [-0.2, 0) is 4.79 Å². The number of hydrogen-bond donors (Lipinski definition) is 2. The van der Waals surface area contributed by atoms with E-state index in [0.29, 0.717) is 30.8 Å². The average Bonchev–Trinajstić information content (AvgIpc) is 2.93. The Balaban J connectivity index is 1.80. The van der Waals surface area contributed by atoms with Gasteiger partial charge in [-0.15, -0.1) is 11.3 Å². The number of hydrogen-bond acceptors (Lipinski definition) is 5. The van der Waals surface area contributed by atoms with Gasteiger partial charge in [0.25, 0.3) is 0 Å². The molecule has 0 radical (unpaired) electrons. The molecule has 128 valence electrons. The molecule has 2 amide bonds. The van der Waals surface area contributed by atoms with E-state index < -0.39 is 11.9 Å². The summed E-state index contributed by atoms with van der Waals surface area (Å²) in [4.78, 5) is 29.6. The minimum absolute atomic E-state index is 0.228. The van der Waals surface area contributed by atoms with Crippen molar-refractivity contribution < 1.29 is 19.4 Å². The van der Waals surface area contributed by atoms with Gasteiger partial charge in [0, 0.05) is 19.2 Å². The molecule has 1 aromatic carbocycles. The minimum atomic E-state index is -0.855. The quantitative estimate of drug-likeness (QED) is 0.889. The largest absolute Gasteiger partial charge is 0.494 e. The predicted octanol–water partition coefficient (Wildman–Crippen LogP) is 2.94. The van der Waals surface area contributed by atoms with Crippen molar-refractivity contribution in [2.75, 3.05) is 25.5 Å². The third kappa shape index (κ3) is 3.28. The lowest BCUT2D eigenvalue weighted by atomic mass is 9.99. The summed E-state index contributed by atoms with van der Waals surface area (Å²) in [5, 5.41) is 12.9. The number of urea groups is 1. The van der Waals surface area contributed by atoms with Gasteiger partial charge in [0.1, 0.15) is 5.75 Å². The van der Waals surface area contributed by atoms with E-state index in [1.807, 2.05) is 13.0 Å². The molecule has 2 heterocycles. The molecule has 24 heavy (non-hydrogen) atoms. The zero-order valence-corrected chi connectivity index (χ0v) is 14.4. The molecule has 0 spiro atoms. The second-order valence-corrected chi connectivity index (χ2v) is 7.04. The van der Waals surface area contributed by atoms with Crippen molar-refractivity contribution in [3.63, 3.8) is 0 Å². The fourth-order valence-electron chi connectivity index (χ4n) is 2.89. The third-order valence-corrected chi connectivity index (χ3v) is 5.05. The van der Waals surface area contributed by atoms with Crippen molar-refractivity contribution in [1.29, 1.82) is 0 Å². The molecule has 2 aromatic rings. The lowest BCUT2D eigenvalue weighted by Gasteiger charge is -2.30. The van der Waals surface area contributed by atoms with Crippen LogP contribution in [0.2, 0.25) is 0 Å². The van der Waals surface area contributed by atoms with Crippen LogP contribution in [0.4, 0.5) is 10.5 Å². The van der Waals surface area contributed by atoms with Crippen molar-refractivity contribution >= 4 is 39.2 Å². The molecule has 0 bridgehead atoms. The number of nitrogens with zero attached hydrogens (tertiary/aromatic N) is 2. The van der Waals surface area contributed by atoms with E-state index in [1.54, 1.807) is 22.3 Å². The summed E-state index contributed by atoms with van der Waals surface area (Å²) in [7, 11) is 1.54. The second kappa shape index (κ2) is 6.64. The number of fused-ring (bicyclic) bond motifs is 1. The first-order chi connectivity index (χ1) is 11.5. The van der Waals surface area contributed by atoms with Crippen molar-refractivity contribution in [2.24, 2.45) is 5.92 Å². The Kier molecular flexibility index (Phi) is 4.57. The number of aliphatic carboxylic acids is 1. The molecule has 3 rings (SSSR count). The third-order valence-electron chi connectivity index (χ3n) is 4.12. The summed E-state index contributed by atoms with van der Waals surface area (Å²) in [6.07, 6.45) is 1.29. The number of anilines is 1. The van der Waals surface area contributed by atoms with E-state index in [4.69, 9.17) is 9.84 Å². The van der Waals surface area contributed by atoms with E-state index in [2.05, 4.69) is 10.3 Å². The van der Waals surface area contributed by atoms with Crippen LogP contribution in [0.15, 0.2) is 12.1 Å². The number of ether oxygens (including phenoxy) is 1. The number of carboxylic acid groups (broad SMARTS) is 1. The van der Waals surface area contributed by atoms with Gasteiger partial charge in [-0.05, 0) is 25.8 Å². The van der Waals surface area contributed by atoms with Gasteiger partial charge in [0.15, 0.2) is 0 Å². The Morgan fingerprint density at radius 1 is 1.46 bits per heavy atom. The number of piperidine rings is 1. The van der Waals surface area contributed by atoms with Crippen LogP contribution in [0.1, 0.15) is 17.8 Å². The molecule has 1 fully saturated rings. The monoisotopic (exact) mass is 349 g/mol. The maximum absolute atomic E-state index is 12.5. The molecule has 0 aliphatic carbocycles. The summed E-state index contributed by atoms with van der Waals surface area (Å²) in [5.74, 6) is -0.822. The van der Waals surface area contributed by atoms with Crippen molar-refractivity contribution in [3.8, 4) is 5.75 Å². The highest BCUT2D eigenvalue weighted by molar-refractivity contribution is 7.18. The standard InChI is InChI=1S/C16H19N3O4S/c1-9-17-12-6-13(23-2)11(7-14(12)24-9)18-16(22)19-5-3-4-10(8-19)15(20)21/h6-7,10H,3-5,8H2,1-2H3,(H,18,22)(H,20,21). The number of nitrogens with one attached hydrogen (secondary N) is 1. The molecule has 1 aliphatic heterocycles. The maximum Gasteiger partial charge on any atom is 0.321 e. The molecule has 7 nitrogen and oxygen atoms in total. The van der Waals surface area contributed by atoms with Gasteiger partial charge in [0.05, 0.1) is 33.9 Å². The highest BCUT2D eigenvalue weighted by Crippen LogP contribution is 2.33. The van der Waals surface area contributed by atoms with Crippen LogP contribution in [0.25, 0.3) is 10.2 Å². The Morgan fingerprint density at radius 3 is 2.96 bits per heavy atom. The number of methoxy groups -OCH3 is 1. The zero-order valence-electron chi connectivity index (χ0n) is 13.5. The van der Waals surface area contributed by atoms with E-state index in [9.17, 15) is 9.59 Å². The van der Waals surface area contributed by atoms with Crippen molar-refractivity contribution in [2.45, 2.75) is 19.8 Å². The number of rotatable bonds is 3. The highest BCUT2D eigenvalue weighted by Gasteiger charge is 2.28. The molecule has 2 N–H and O–H groups in total. The summed E-state index contributed by atoms with van der Waals surface area (Å²) in [5.41, 5.74) is 1.40. The first-order valence-electron chi connectivity index (χ1n) is 7.72. The molecule has 1 unspecified atom stereocenters. The van der Waals surface area contributed by atoms with Crippen LogP contribution in [0.3, 0.4) is 0 Å².